The van der Waals surface area contributed by atoms with Crippen LogP contribution in [0, 0.1) is 11.8 Å². The molecular formula is C17H23NO. The summed E-state index contributed by atoms with van der Waals surface area (Å²) in [6.45, 7) is 2.23. The van der Waals surface area contributed by atoms with Crippen LogP contribution in [0.1, 0.15) is 67.8 Å². The van der Waals surface area contributed by atoms with E-state index in [0.717, 1.165) is 12.0 Å². The zero-order valence-corrected chi connectivity index (χ0v) is 11.7. The van der Waals surface area contributed by atoms with Crippen molar-refractivity contribution in [2.24, 2.45) is 5.73 Å². The highest BCUT2D eigenvalue weighted by Crippen LogP contribution is 2.07. The van der Waals surface area contributed by atoms with Gasteiger partial charge in [-0.3, -0.25) is 4.79 Å². The van der Waals surface area contributed by atoms with Gasteiger partial charge in [0.05, 0.1) is 0 Å². The number of amides is 1. The number of benzene rings is 1. The van der Waals surface area contributed by atoms with Crippen LogP contribution in [0.3, 0.4) is 0 Å². The number of nitrogens with two attached hydrogens (primary N) is 1. The Morgan fingerprint density at radius 1 is 1.05 bits per heavy atom. The predicted molar refractivity (Wildman–Crippen MR) is 79.8 cm³/mol. The Morgan fingerprint density at radius 2 is 1.68 bits per heavy atom. The van der Waals surface area contributed by atoms with E-state index in [0.29, 0.717) is 5.56 Å². The van der Waals surface area contributed by atoms with Crippen molar-refractivity contribution < 1.29 is 4.79 Å². The highest BCUT2D eigenvalue weighted by Gasteiger charge is 1.97. The van der Waals surface area contributed by atoms with E-state index in [1.165, 1.54) is 38.5 Å². The fraction of sp³-hybridized carbons (Fsp3) is 0.471. The number of carbonyl (C=O) groups is 1. The topological polar surface area (TPSA) is 43.1 Å². The van der Waals surface area contributed by atoms with Crippen LogP contribution in [-0.4, -0.2) is 5.91 Å². The van der Waals surface area contributed by atoms with Crippen LogP contribution in [0.4, 0.5) is 0 Å². The van der Waals surface area contributed by atoms with Crippen LogP contribution in [0.15, 0.2) is 24.3 Å². The lowest BCUT2D eigenvalue weighted by molar-refractivity contribution is 0.100. The molecule has 2 N–H and O–H groups in total. The van der Waals surface area contributed by atoms with E-state index in [1.54, 1.807) is 12.1 Å². The molecule has 1 aromatic rings. The quantitative estimate of drug-likeness (QED) is 0.584. The highest BCUT2D eigenvalue weighted by molar-refractivity contribution is 5.92. The number of carbonyl (C=O) groups excluding carboxylic acids is 1. The lowest BCUT2D eigenvalue weighted by Gasteiger charge is -1.97. The summed E-state index contributed by atoms with van der Waals surface area (Å²) in [7, 11) is 0. The van der Waals surface area contributed by atoms with Crippen LogP contribution in [0.2, 0.25) is 0 Å². The molecular weight excluding hydrogens is 234 g/mol. The smallest absolute Gasteiger partial charge is 0.248 e. The number of unbranched alkanes of at least 4 members (excludes halogenated alkanes) is 6. The zero-order valence-electron chi connectivity index (χ0n) is 11.7. The maximum absolute atomic E-state index is 10.9. The van der Waals surface area contributed by atoms with Gasteiger partial charge >= 0.3 is 0 Å². The minimum absolute atomic E-state index is 0.397. The molecule has 0 radical (unpaired) electrons. The fourth-order valence-corrected chi connectivity index (χ4v) is 1.88. The maximum atomic E-state index is 10.9. The Kier molecular flexibility index (Phi) is 7.43. The molecule has 19 heavy (non-hydrogen) atoms. The molecule has 0 aliphatic rings. The van der Waals surface area contributed by atoms with Gasteiger partial charge in [-0.25, -0.2) is 0 Å². The van der Waals surface area contributed by atoms with Crippen LogP contribution in [-0.2, 0) is 0 Å². The van der Waals surface area contributed by atoms with Crippen molar-refractivity contribution in [3.63, 3.8) is 0 Å². The molecule has 0 saturated heterocycles. The number of primary amides is 1. The summed E-state index contributed by atoms with van der Waals surface area (Å²) in [5, 5.41) is 0. The molecule has 0 aliphatic carbocycles. The van der Waals surface area contributed by atoms with Crippen molar-refractivity contribution in [1.29, 1.82) is 0 Å². The Bertz CT molecular complexity index is 437. The largest absolute Gasteiger partial charge is 0.366 e. The van der Waals surface area contributed by atoms with Crippen molar-refractivity contribution in [1.82, 2.24) is 0 Å². The van der Waals surface area contributed by atoms with E-state index >= 15 is 0 Å². The molecule has 0 bridgehead atoms. The fourth-order valence-electron chi connectivity index (χ4n) is 1.88. The molecule has 1 rings (SSSR count). The van der Waals surface area contributed by atoms with E-state index in [4.69, 9.17) is 5.73 Å². The molecule has 0 saturated carbocycles. The van der Waals surface area contributed by atoms with E-state index in [2.05, 4.69) is 18.8 Å². The summed E-state index contributed by atoms with van der Waals surface area (Å²) >= 11 is 0. The molecule has 2 heteroatoms. The van der Waals surface area contributed by atoms with Gasteiger partial charge in [-0.1, -0.05) is 50.9 Å². The molecule has 0 unspecified atom stereocenters. The van der Waals surface area contributed by atoms with Crippen molar-refractivity contribution in [3.8, 4) is 11.8 Å². The highest BCUT2D eigenvalue weighted by atomic mass is 16.1. The summed E-state index contributed by atoms with van der Waals surface area (Å²) in [5.74, 6) is 5.89. The predicted octanol–water partition coefficient (Wildman–Crippen LogP) is 3.89. The Labute approximate surface area is 116 Å². The Balaban J connectivity index is 2.24. The average molecular weight is 257 g/mol. The maximum Gasteiger partial charge on any atom is 0.248 e. The van der Waals surface area contributed by atoms with Gasteiger partial charge in [-0.15, -0.1) is 0 Å². The molecule has 102 valence electrons. The number of hydrogen-bond acceptors (Lipinski definition) is 1. The third-order valence-electron chi connectivity index (χ3n) is 3.06. The van der Waals surface area contributed by atoms with Crippen LogP contribution in [0.5, 0.6) is 0 Å². The standard InChI is InChI=1S/C17H23NO/c1-2-3-4-5-6-7-8-9-10-15-11-13-16(14-12-15)17(18)19/h11-14H,2-8H2,1H3,(H2,18,19). The molecule has 0 spiro atoms. The normalized spacial score (nSPS) is 9.74. The first-order chi connectivity index (χ1) is 9.24. The van der Waals surface area contributed by atoms with Gasteiger partial charge in [-0.05, 0) is 30.7 Å². The SMILES string of the molecule is CCCCCCCCC#Cc1ccc(C(N)=O)cc1. The van der Waals surface area contributed by atoms with Crippen LogP contribution >= 0.6 is 0 Å². The molecule has 1 aromatic carbocycles. The first-order valence-electron chi connectivity index (χ1n) is 7.12. The van der Waals surface area contributed by atoms with Crippen molar-refractivity contribution in [2.45, 2.75) is 51.9 Å². The second kappa shape index (κ2) is 9.22. The van der Waals surface area contributed by atoms with E-state index in [-0.39, 0.29) is 0 Å². The van der Waals surface area contributed by atoms with Gasteiger partial charge in [0.15, 0.2) is 0 Å². The van der Waals surface area contributed by atoms with Gasteiger partial charge in [0.1, 0.15) is 0 Å². The zero-order chi connectivity index (χ0) is 13.9. The van der Waals surface area contributed by atoms with Crippen molar-refractivity contribution in [2.75, 3.05) is 0 Å². The summed E-state index contributed by atoms with van der Waals surface area (Å²) in [6.07, 6.45) is 8.70. The molecule has 1 amide bonds. The second-order valence-electron chi connectivity index (χ2n) is 4.76. The summed E-state index contributed by atoms with van der Waals surface area (Å²) < 4.78 is 0. The lowest BCUT2D eigenvalue weighted by Crippen LogP contribution is -2.10. The number of rotatable bonds is 7. The summed E-state index contributed by atoms with van der Waals surface area (Å²) in [5.41, 5.74) is 6.65. The van der Waals surface area contributed by atoms with Gasteiger partial charge in [-0.2, -0.15) is 0 Å². The summed E-state index contributed by atoms with van der Waals surface area (Å²) in [4.78, 5) is 10.9. The average Bonchev–Trinajstić information content (AvgIpc) is 2.42. The van der Waals surface area contributed by atoms with Gasteiger partial charge in [0, 0.05) is 17.5 Å². The lowest BCUT2D eigenvalue weighted by atomic mass is 10.1. The van der Waals surface area contributed by atoms with Crippen molar-refractivity contribution in [3.05, 3.63) is 35.4 Å². The first kappa shape index (κ1) is 15.3. The molecule has 0 atom stereocenters. The molecule has 0 aromatic heterocycles. The Morgan fingerprint density at radius 3 is 2.32 bits per heavy atom. The van der Waals surface area contributed by atoms with E-state index < -0.39 is 5.91 Å². The molecule has 0 fully saturated rings. The third-order valence-corrected chi connectivity index (χ3v) is 3.06. The summed E-state index contributed by atoms with van der Waals surface area (Å²) in [6, 6.07) is 7.12. The second-order valence-corrected chi connectivity index (χ2v) is 4.76. The van der Waals surface area contributed by atoms with Crippen molar-refractivity contribution >= 4 is 5.91 Å². The van der Waals surface area contributed by atoms with Crippen LogP contribution in [0.25, 0.3) is 0 Å². The monoisotopic (exact) mass is 257 g/mol. The third kappa shape index (κ3) is 6.67. The molecule has 0 aliphatic heterocycles. The minimum Gasteiger partial charge on any atom is -0.366 e. The molecule has 2 nitrogen and oxygen atoms in total. The minimum atomic E-state index is -0.397. The van der Waals surface area contributed by atoms with Crippen LogP contribution < -0.4 is 5.73 Å². The van der Waals surface area contributed by atoms with Gasteiger partial charge < -0.3 is 5.73 Å². The van der Waals surface area contributed by atoms with E-state index in [1.807, 2.05) is 12.1 Å². The molecule has 0 heterocycles. The van der Waals surface area contributed by atoms with E-state index in [9.17, 15) is 4.79 Å². The van der Waals surface area contributed by atoms with Gasteiger partial charge in [0.25, 0.3) is 0 Å². The van der Waals surface area contributed by atoms with Gasteiger partial charge in [0.2, 0.25) is 5.91 Å². The first-order valence-corrected chi connectivity index (χ1v) is 7.12. The Hall–Kier alpha value is -1.75. The number of hydrogen-bond donors (Lipinski definition) is 1.